The molecular formula is C11H14N6. The lowest BCUT2D eigenvalue weighted by Gasteiger charge is -2.10. The number of hydrogen-bond acceptors (Lipinski definition) is 6. The number of nitrogens with one attached hydrogen (secondary N) is 1. The summed E-state index contributed by atoms with van der Waals surface area (Å²) in [5.41, 5.74) is 19.2. The lowest BCUT2D eigenvalue weighted by molar-refractivity contribution is 1.20. The van der Waals surface area contributed by atoms with E-state index in [1.165, 1.54) is 0 Å². The van der Waals surface area contributed by atoms with E-state index in [0.29, 0.717) is 11.5 Å². The van der Waals surface area contributed by atoms with Gasteiger partial charge >= 0.3 is 0 Å². The highest BCUT2D eigenvalue weighted by molar-refractivity contribution is 5.77. The molecule has 0 aliphatic heterocycles. The summed E-state index contributed by atoms with van der Waals surface area (Å²) in [7, 11) is 0. The Morgan fingerprint density at radius 1 is 1.12 bits per heavy atom. The van der Waals surface area contributed by atoms with Crippen molar-refractivity contribution in [3.8, 4) is 0 Å². The lowest BCUT2D eigenvalue weighted by atomic mass is 10.2. The maximum Gasteiger partial charge on any atom is 0.224 e. The zero-order valence-electron chi connectivity index (χ0n) is 9.44. The monoisotopic (exact) mass is 230 g/mol. The second-order valence-electron chi connectivity index (χ2n) is 3.72. The van der Waals surface area contributed by atoms with Gasteiger partial charge in [0, 0.05) is 5.69 Å². The van der Waals surface area contributed by atoms with Crippen LogP contribution in [0, 0.1) is 6.92 Å². The van der Waals surface area contributed by atoms with Crippen molar-refractivity contribution in [2.24, 2.45) is 0 Å². The molecule has 0 unspecified atom stereocenters. The largest absolute Gasteiger partial charge is 0.393 e. The van der Waals surface area contributed by atoms with Crippen molar-refractivity contribution < 1.29 is 0 Å². The van der Waals surface area contributed by atoms with Gasteiger partial charge in [0.25, 0.3) is 0 Å². The molecule has 0 aliphatic rings. The summed E-state index contributed by atoms with van der Waals surface area (Å²) >= 11 is 0. The van der Waals surface area contributed by atoms with E-state index in [1.807, 2.05) is 31.2 Å². The molecule has 0 amide bonds. The normalized spacial score (nSPS) is 10.2. The van der Waals surface area contributed by atoms with Crippen molar-refractivity contribution in [1.82, 2.24) is 9.97 Å². The van der Waals surface area contributed by atoms with Crippen LogP contribution < -0.4 is 22.5 Å². The summed E-state index contributed by atoms with van der Waals surface area (Å²) in [6.45, 7) is 2.00. The topological polar surface area (TPSA) is 116 Å². The zero-order valence-corrected chi connectivity index (χ0v) is 9.44. The molecule has 0 fully saturated rings. The zero-order chi connectivity index (χ0) is 12.4. The molecule has 0 aliphatic carbocycles. The SMILES string of the molecule is Cc1cccc(Nc2nc(N)nc(N)c2N)c1. The van der Waals surface area contributed by atoms with Gasteiger partial charge in [-0.25, -0.2) is 0 Å². The minimum atomic E-state index is 0.0897. The quantitative estimate of drug-likeness (QED) is 0.617. The summed E-state index contributed by atoms with van der Waals surface area (Å²) in [6, 6.07) is 7.80. The van der Waals surface area contributed by atoms with Gasteiger partial charge < -0.3 is 22.5 Å². The summed E-state index contributed by atoms with van der Waals surface area (Å²) in [6.07, 6.45) is 0. The molecule has 0 saturated heterocycles. The number of hydrogen-bond donors (Lipinski definition) is 4. The lowest BCUT2D eigenvalue weighted by Crippen LogP contribution is -2.08. The van der Waals surface area contributed by atoms with E-state index >= 15 is 0 Å². The predicted octanol–water partition coefficient (Wildman–Crippen LogP) is 1.28. The highest BCUT2D eigenvalue weighted by Crippen LogP contribution is 2.25. The van der Waals surface area contributed by atoms with Crippen LogP contribution in [0.25, 0.3) is 0 Å². The molecular weight excluding hydrogens is 216 g/mol. The molecule has 17 heavy (non-hydrogen) atoms. The van der Waals surface area contributed by atoms with E-state index in [1.54, 1.807) is 0 Å². The fourth-order valence-electron chi connectivity index (χ4n) is 1.46. The molecule has 7 N–H and O–H groups in total. The van der Waals surface area contributed by atoms with Crippen LogP contribution in [0.4, 0.5) is 29.0 Å². The van der Waals surface area contributed by atoms with E-state index in [4.69, 9.17) is 17.2 Å². The van der Waals surface area contributed by atoms with E-state index in [9.17, 15) is 0 Å². The molecule has 1 heterocycles. The molecule has 88 valence electrons. The Kier molecular flexibility index (Phi) is 2.70. The number of anilines is 5. The highest BCUT2D eigenvalue weighted by Gasteiger charge is 2.08. The molecule has 2 rings (SSSR count). The average molecular weight is 230 g/mol. The van der Waals surface area contributed by atoms with Gasteiger partial charge in [-0.2, -0.15) is 9.97 Å². The van der Waals surface area contributed by atoms with E-state index < -0.39 is 0 Å². The fourth-order valence-corrected chi connectivity index (χ4v) is 1.46. The first-order valence-electron chi connectivity index (χ1n) is 5.08. The Labute approximate surface area is 98.9 Å². The Morgan fingerprint density at radius 3 is 2.59 bits per heavy atom. The number of rotatable bonds is 2. The maximum atomic E-state index is 5.77. The first kappa shape index (κ1) is 11.0. The smallest absolute Gasteiger partial charge is 0.224 e. The van der Waals surface area contributed by atoms with Crippen molar-refractivity contribution >= 4 is 29.0 Å². The molecule has 0 radical (unpaired) electrons. The molecule has 0 saturated carbocycles. The number of nitrogen functional groups attached to an aromatic ring is 3. The van der Waals surface area contributed by atoms with Crippen LogP contribution in [0.15, 0.2) is 24.3 Å². The Hall–Kier alpha value is -2.50. The second-order valence-corrected chi connectivity index (χ2v) is 3.72. The third-order valence-corrected chi connectivity index (χ3v) is 2.27. The minimum Gasteiger partial charge on any atom is -0.393 e. The van der Waals surface area contributed by atoms with Gasteiger partial charge in [-0.05, 0) is 24.6 Å². The third kappa shape index (κ3) is 2.36. The number of nitrogens with two attached hydrogens (primary N) is 3. The molecule has 0 atom stereocenters. The van der Waals surface area contributed by atoms with Crippen molar-refractivity contribution in [2.75, 3.05) is 22.5 Å². The third-order valence-electron chi connectivity index (χ3n) is 2.27. The van der Waals surface area contributed by atoms with Crippen LogP contribution >= 0.6 is 0 Å². The van der Waals surface area contributed by atoms with Crippen molar-refractivity contribution in [2.45, 2.75) is 6.92 Å². The minimum absolute atomic E-state index is 0.0897. The van der Waals surface area contributed by atoms with Gasteiger partial charge in [0.2, 0.25) is 5.95 Å². The Balaban J connectivity index is 2.36. The van der Waals surface area contributed by atoms with Gasteiger partial charge in [-0.3, -0.25) is 0 Å². The number of aromatic nitrogens is 2. The number of nitrogens with zero attached hydrogens (tertiary/aromatic N) is 2. The standard InChI is InChI=1S/C11H14N6/c1-6-3-2-4-7(5-6)15-10-8(12)9(13)16-11(14)17-10/h2-5H,12H2,1H3,(H5,13,14,15,16,17). The highest BCUT2D eigenvalue weighted by atomic mass is 15.1. The Morgan fingerprint density at radius 2 is 1.88 bits per heavy atom. The van der Waals surface area contributed by atoms with Crippen LogP contribution in [-0.4, -0.2) is 9.97 Å². The van der Waals surface area contributed by atoms with Crippen LogP contribution in [0.5, 0.6) is 0 Å². The summed E-state index contributed by atoms with van der Waals surface area (Å²) in [4.78, 5) is 7.78. The molecule has 6 nitrogen and oxygen atoms in total. The molecule has 1 aromatic carbocycles. The molecule has 0 bridgehead atoms. The van der Waals surface area contributed by atoms with Crippen molar-refractivity contribution in [3.63, 3.8) is 0 Å². The molecule has 2 aromatic rings. The van der Waals surface area contributed by atoms with Gasteiger partial charge in [-0.1, -0.05) is 12.1 Å². The first-order valence-corrected chi connectivity index (χ1v) is 5.08. The van der Waals surface area contributed by atoms with Gasteiger partial charge in [0.15, 0.2) is 11.6 Å². The Bertz CT molecular complexity index is 552. The predicted molar refractivity (Wildman–Crippen MR) is 69.7 cm³/mol. The van der Waals surface area contributed by atoms with E-state index in [-0.39, 0.29) is 11.8 Å². The summed E-state index contributed by atoms with van der Waals surface area (Å²) in [5, 5.41) is 3.06. The van der Waals surface area contributed by atoms with Gasteiger partial charge in [0.05, 0.1) is 0 Å². The van der Waals surface area contributed by atoms with Crippen molar-refractivity contribution in [1.29, 1.82) is 0 Å². The number of benzene rings is 1. The molecule has 1 aromatic heterocycles. The van der Waals surface area contributed by atoms with Crippen LogP contribution in [0.3, 0.4) is 0 Å². The van der Waals surface area contributed by atoms with Crippen molar-refractivity contribution in [3.05, 3.63) is 29.8 Å². The maximum absolute atomic E-state index is 5.77. The fraction of sp³-hybridized carbons (Fsp3) is 0.0909. The summed E-state index contributed by atoms with van der Waals surface area (Å²) in [5.74, 6) is 0.681. The van der Waals surface area contributed by atoms with Crippen LogP contribution in [0.1, 0.15) is 5.56 Å². The molecule has 0 spiro atoms. The van der Waals surface area contributed by atoms with Crippen LogP contribution in [0.2, 0.25) is 0 Å². The summed E-state index contributed by atoms with van der Waals surface area (Å²) < 4.78 is 0. The average Bonchev–Trinajstić information content (AvgIpc) is 2.25. The van der Waals surface area contributed by atoms with Crippen LogP contribution in [-0.2, 0) is 0 Å². The number of aryl methyl sites for hydroxylation is 1. The second kappa shape index (κ2) is 4.17. The van der Waals surface area contributed by atoms with Gasteiger partial charge in [0.1, 0.15) is 5.69 Å². The van der Waals surface area contributed by atoms with Gasteiger partial charge in [-0.15, -0.1) is 0 Å². The molecule has 6 heteroatoms. The van der Waals surface area contributed by atoms with E-state index in [0.717, 1.165) is 11.3 Å². The van der Waals surface area contributed by atoms with E-state index in [2.05, 4.69) is 15.3 Å². The first-order chi connectivity index (χ1) is 8.06.